The van der Waals surface area contributed by atoms with Crippen LogP contribution < -0.4 is 5.73 Å². The third kappa shape index (κ3) is 4.28. The van der Waals surface area contributed by atoms with Crippen LogP contribution in [0.1, 0.15) is 37.8 Å². The van der Waals surface area contributed by atoms with Crippen molar-refractivity contribution in [1.29, 1.82) is 0 Å². The van der Waals surface area contributed by atoms with Crippen molar-refractivity contribution < 1.29 is 0 Å². The van der Waals surface area contributed by atoms with Gasteiger partial charge >= 0.3 is 0 Å². The molecule has 2 N–H and O–H groups in total. The minimum Gasteiger partial charge on any atom is -0.326 e. The lowest BCUT2D eigenvalue weighted by molar-refractivity contribution is 0.104. The maximum atomic E-state index is 6.42. The molecule has 0 saturated carbocycles. The van der Waals surface area contributed by atoms with Crippen molar-refractivity contribution in [2.24, 2.45) is 18.7 Å². The van der Waals surface area contributed by atoms with E-state index in [0.29, 0.717) is 6.04 Å². The molecule has 0 bridgehead atoms. The van der Waals surface area contributed by atoms with E-state index in [0.717, 1.165) is 25.4 Å². The van der Waals surface area contributed by atoms with E-state index in [-0.39, 0.29) is 6.04 Å². The van der Waals surface area contributed by atoms with E-state index in [1.165, 1.54) is 24.9 Å². The highest BCUT2D eigenvalue weighted by atomic mass is 15.3. The highest BCUT2D eigenvalue weighted by Crippen LogP contribution is 2.29. The quantitative estimate of drug-likeness (QED) is 0.863. The third-order valence-electron chi connectivity index (χ3n) is 4.61. The van der Waals surface area contributed by atoms with Crippen molar-refractivity contribution in [1.82, 2.24) is 19.6 Å². The maximum Gasteiger partial charge on any atom is 0.0538 e. The van der Waals surface area contributed by atoms with Gasteiger partial charge in [-0.2, -0.15) is 5.10 Å². The molecule has 1 aliphatic rings. The predicted molar refractivity (Wildman–Crippen MR) is 87.1 cm³/mol. The van der Waals surface area contributed by atoms with Crippen LogP contribution in [0.15, 0.2) is 12.4 Å². The van der Waals surface area contributed by atoms with Crippen LogP contribution in [0.2, 0.25) is 0 Å². The summed E-state index contributed by atoms with van der Waals surface area (Å²) >= 11 is 0. The van der Waals surface area contributed by atoms with Gasteiger partial charge in [0.15, 0.2) is 0 Å². The van der Waals surface area contributed by atoms with E-state index in [1.807, 2.05) is 17.9 Å². The van der Waals surface area contributed by atoms with Crippen molar-refractivity contribution in [3.8, 4) is 0 Å². The van der Waals surface area contributed by atoms with Crippen LogP contribution in [0.4, 0.5) is 0 Å². The van der Waals surface area contributed by atoms with Gasteiger partial charge in [0.05, 0.1) is 12.2 Å². The fourth-order valence-corrected chi connectivity index (χ4v) is 3.48. The number of likely N-dealkylation sites (tertiary alicyclic amines) is 1. The number of piperidine rings is 1. The Kier molecular flexibility index (Phi) is 5.79. The minimum absolute atomic E-state index is 0.180. The van der Waals surface area contributed by atoms with E-state index >= 15 is 0 Å². The Morgan fingerprint density at radius 3 is 2.52 bits per heavy atom. The van der Waals surface area contributed by atoms with Crippen LogP contribution in [-0.2, 0) is 7.05 Å². The van der Waals surface area contributed by atoms with Gasteiger partial charge in [0, 0.05) is 31.4 Å². The van der Waals surface area contributed by atoms with E-state index in [1.54, 1.807) is 0 Å². The molecule has 5 nitrogen and oxygen atoms in total. The van der Waals surface area contributed by atoms with Gasteiger partial charge in [-0.05, 0) is 52.4 Å². The molecule has 0 spiro atoms. The van der Waals surface area contributed by atoms with Crippen LogP contribution in [0, 0.1) is 5.92 Å². The van der Waals surface area contributed by atoms with Gasteiger partial charge in [-0.15, -0.1) is 0 Å². The van der Waals surface area contributed by atoms with Crippen molar-refractivity contribution in [2.75, 3.05) is 33.7 Å². The monoisotopic (exact) mass is 293 g/mol. The lowest BCUT2D eigenvalue weighted by Crippen LogP contribution is -2.45. The molecule has 1 saturated heterocycles. The molecule has 1 aromatic heterocycles. The first-order valence-electron chi connectivity index (χ1n) is 8.14. The second kappa shape index (κ2) is 7.38. The van der Waals surface area contributed by atoms with Gasteiger partial charge in [-0.1, -0.05) is 6.92 Å². The summed E-state index contributed by atoms with van der Waals surface area (Å²) in [5.41, 5.74) is 7.68. The molecule has 2 heterocycles. The van der Waals surface area contributed by atoms with Crippen molar-refractivity contribution in [3.63, 3.8) is 0 Å². The Morgan fingerprint density at radius 1 is 1.38 bits per heavy atom. The van der Waals surface area contributed by atoms with Crippen LogP contribution in [-0.4, -0.2) is 59.4 Å². The summed E-state index contributed by atoms with van der Waals surface area (Å²) in [5.74, 6) is 0.823. The molecule has 1 aromatic rings. The number of hydrogen-bond acceptors (Lipinski definition) is 4. The van der Waals surface area contributed by atoms with Gasteiger partial charge in [-0.3, -0.25) is 9.58 Å². The second-order valence-electron chi connectivity index (χ2n) is 6.71. The normalized spacial score (nSPS) is 20.9. The predicted octanol–water partition coefficient (Wildman–Crippen LogP) is 1.47. The zero-order chi connectivity index (χ0) is 15.4. The number of aryl methyl sites for hydroxylation is 1. The summed E-state index contributed by atoms with van der Waals surface area (Å²) in [6, 6.07) is 0.489. The molecule has 0 aliphatic carbocycles. The average Bonchev–Trinajstić information content (AvgIpc) is 2.86. The molecule has 21 heavy (non-hydrogen) atoms. The first-order chi connectivity index (χ1) is 10.0. The first-order valence-corrected chi connectivity index (χ1v) is 8.14. The lowest BCUT2D eigenvalue weighted by atomic mass is 9.91. The molecule has 1 aliphatic heterocycles. The van der Waals surface area contributed by atoms with Gasteiger partial charge in [0.1, 0.15) is 0 Å². The SMILES string of the molecule is CCC(N)C(c1cnn(C)c1)N1CCC(CN(C)C)CC1. The Hall–Kier alpha value is -0.910. The summed E-state index contributed by atoms with van der Waals surface area (Å²) in [5, 5.41) is 4.33. The summed E-state index contributed by atoms with van der Waals surface area (Å²) in [4.78, 5) is 4.87. The Bertz CT molecular complexity index is 420. The topological polar surface area (TPSA) is 50.3 Å². The van der Waals surface area contributed by atoms with Crippen LogP contribution in [0.25, 0.3) is 0 Å². The molecule has 5 heteroatoms. The molecular formula is C16H31N5. The number of hydrogen-bond donors (Lipinski definition) is 1. The smallest absolute Gasteiger partial charge is 0.0538 e. The summed E-state index contributed by atoms with van der Waals surface area (Å²) in [6.07, 6.45) is 7.63. The van der Waals surface area contributed by atoms with E-state index < -0.39 is 0 Å². The Balaban J connectivity index is 2.02. The molecule has 2 rings (SSSR count). The number of aromatic nitrogens is 2. The molecule has 120 valence electrons. The molecule has 0 aromatic carbocycles. The van der Waals surface area contributed by atoms with Crippen LogP contribution >= 0.6 is 0 Å². The van der Waals surface area contributed by atoms with E-state index in [4.69, 9.17) is 5.73 Å². The zero-order valence-electron chi connectivity index (χ0n) is 14.0. The summed E-state index contributed by atoms with van der Waals surface area (Å²) in [7, 11) is 6.30. The van der Waals surface area contributed by atoms with E-state index in [2.05, 4.69) is 42.1 Å². The fourth-order valence-electron chi connectivity index (χ4n) is 3.48. The van der Waals surface area contributed by atoms with Gasteiger partial charge in [0.25, 0.3) is 0 Å². The molecular weight excluding hydrogens is 262 g/mol. The van der Waals surface area contributed by atoms with Crippen molar-refractivity contribution >= 4 is 0 Å². The minimum atomic E-state index is 0.180. The molecule has 0 amide bonds. The number of nitrogens with two attached hydrogens (primary N) is 1. The Labute approximate surface area is 129 Å². The highest BCUT2D eigenvalue weighted by Gasteiger charge is 2.30. The summed E-state index contributed by atoms with van der Waals surface area (Å²) < 4.78 is 1.88. The number of rotatable bonds is 6. The first kappa shape index (κ1) is 16.5. The van der Waals surface area contributed by atoms with Crippen LogP contribution in [0.5, 0.6) is 0 Å². The third-order valence-corrected chi connectivity index (χ3v) is 4.61. The highest BCUT2D eigenvalue weighted by molar-refractivity contribution is 5.13. The van der Waals surface area contributed by atoms with E-state index in [9.17, 15) is 0 Å². The van der Waals surface area contributed by atoms with Gasteiger partial charge in [-0.25, -0.2) is 0 Å². The van der Waals surface area contributed by atoms with Gasteiger partial charge < -0.3 is 10.6 Å². The van der Waals surface area contributed by atoms with Crippen LogP contribution in [0.3, 0.4) is 0 Å². The Morgan fingerprint density at radius 2 is 2.05 bits per heavy atom. The number of nitrogens with zero attached hydrogens (tertiary/aromatic N) is 4. The van der Waals surface area contributed by atoms with Crippen molar-refractivity contribution in [3.05, 3.63) is 18.0 Å². The van der Waals surface area contributed by atoms with Crippen molar-refractivity contribution in [2.45, 2.75) is 38.3 Å². The van der Waals surface area contributed by atoms with Gasteiger partial charge in [0.2, 0.25) is 0 Å². The fraction of sp³-hybridized carbons (Fsp3) is 0.812. The summed E-state index contributed by atoms with van der Waals surface area (Å²) in [6.45, 7) is 5.66. The average molecular weight is 293 g/mol. The largest absolute Gasteiger partial charge is 0.326 e. The standard InChI is InChI=1S/C16H31N5/c1-5-15(17)16(14-10-18-20(4)12-14)21-8-6-13(7-9-21)11-19(2)3/h10,12-13,15-16H,5-9,11,17H2,1-4H3. The lowest BCUT2D eigenvalue weighted by Gasteiger charge is -2.40. The second-order valence-corrected chi connectivity index (χ2v) is 6.71. The molecule has 2 atom stereocenters. The zero-order valence-corrected chi connectivity index (χ0v) is 14.0. The molecule has 2 unspecified atom stereocenters. The molecule has 1 fully saturated rings. The molecule has 0 radical (unpaired) electrons. The maximum absolute atomic E-state index is 6.42.